The van der Waals surface area contributed by atoms with Gasteiger partial charge in [0.25, 0.3) is 0 Å². The van der Waals surface area contributed by atoms with Crippen LogP contribution in [0.2, 0.25) is 0 Å². The second kappa shape index (κ2) is 6.97. The number of anilines is 1. The molecule has 3 amide bonds. The molecule has 1 aliphatic rings. The van der Waals surface area contributed by atoms with Gasteiger partial charge in [0.1, 0.15) is 6.04 Å². The van der Waals surface area contributed by atoms with Crippen LogP contribution in [0.3, 0.4) is 0 Å². The first-order valence-electron chi connectivity index (χ1n) is 7.23. The number of piperidine rings is 1. The van der Waals surface area contributed by atoms with Crippen molar-refractivity contribution in [2.24, 2.45) is 0 Å². The summed E-state index contributed by atoms with van der Waals surface area (Å²) >= 11 is 0. The maximum Gasteiger partial charge on any atom is 0.319 e. The van der Waals surface area contributed by atoms with Crippen LogP contribution in [-0.2, 0) is 14.8 Å². The van der Waals surface area contributed by atoms with E-state index < -0.39 is 22.1 Å². The molecule has 0 unspecified atom stereocenters. The van der Waals surface area contributed by atoms with Gasteiger partial charge in [-0.3, -0.25) is 4.79 Å². The normalized spacial score (nSPS) is 18.2. The van der Waals surface area contributed by atoms with E-state index in [0.29, 0.717) is 24.2 Å². The number of rotatable bonds is 4. The lowest BCUT2D eigenvalue weighted by atomic mass is 10.1. The lowest BCUT2D eigenvalue weighted by Crippen LogP contribution is -2.51. The molecule has 1 aromatic carbocycles. The molecule has 1 aromatic rings. The van der Waals surface area contributed by atoms with Crippen LogP contribution in [0.25, 0.3) is 0 Å². The third-order valence-corrected chi connectivity index (χ3v) is 5.15. The van der Waals surface area contributed by atoms with Gasteiger partial charge in [-0.2, -0.15) is 0 Å². The smallest absolute Gasteiger partial charge is 0.319 e. The number of nitrogens with one attached hydrogen (secondary N) is 4. The number of carbonyl (C=O) groups excluding carboxylic acids is 2. The van der Waals surface area contributed by atoms with Crippen LogP contribution in [0.4, 0.5) is 10.5 Å². The third-order valence-electron chi connectivity index (χ3n) is 3.59. The number of hydrogen-bond acceptors (Lipinski definition) is 4. The number of amides is 3. The molecule has 0 spiro atoms. The lowest BCUT2D eigenvalue weighted by molar-refractivity contribution is -0.124. The van der Waals surface area contributed by atoms with Crippen molar-refractivity contribution in [3.63, 3.8) is 0 Å². The highest BCUT2D eigenvalue weighted by Crippen LogP contribution is 2.20. The Balaban J connectivity index is 2.09. The van der Waals surface area contributed by atoms with Crippen LogP contribution in [0, 0.1) is 6.92 Å². The van der Waals surface area contributed by atoms with Crippen molar-refractivity contribution in [2.75, 3.05) is 18.9 Å². The zero-order valence-electron chi connectivity index (χ0n) is 13.0. The van der Waals surface area contributed by atoms with Gasteiger partial charge in [-0.25, -0.2) is 17.9 Å². The molecule has 0 radical (unpaired) electrons. The molecule has 9 heteroatoms. The Hall–Kier alpha value is -2.13. The van der Waals surface area contributed by atoms with E-state index in [9.17, 15) is 18.0 Å². The van der Waals surface area contributed by atoms with Crippen LogP contribution in [0.15, 0.2) is 23.1 Å². The van der Waals surface area contributed by atoms with E-state index in [-0.39, 0.29) is 10.8 Å². The van der Waals surface area contributed by atoms with E-state index in [1.807, 2.05) is 0 Å². The van der Waals surface area contributed by atoms with Crippen LogP contribution in [0.1, 0.15) is 18.4 Å². The zero-order valence-corrected chi connectivity index (χ0v) is 13.8. The number of aryl methyl sites for hydroxylation is 1. The summed E-state index contributed by atoms with van der Waals surface area (Å²) in [7, 11) is -2.29. The largest absolute Gasteiger partial charge is 0.354 e. The first-order chi connectivity index (χ1) is 10.8. The minimum atomic E-state index is -3.61. The van der Waals surface area contributed by atoms with Gasteiger partial charge in [0.15, 0.2) is 0 Å². The van der Waals surface area contributed by atoms with E-state index in [4.69, 9.17) is 0 Å². The minimum absolute atomic E-state index is 0.0909. The molecule has 1 atom stereocenters. The molecule has 0 aliphatic carbocycles. The number of urea groups is 1. The summed E-state index contributed by atoms with van der Waals surface area (Å²) in [6, 6.07) is 3.46. The Morgan fingerprint density at radius 1 is 1.35 bits per heavy atom. The van der Waals surface area contributed by atoms with Crippen molar-refractivity contribution >= 4 is 27.6 Å². The second-order valence-corrected chi connectivity index (χ2v) is 7.13. The highest BCUT2D eigenvalue weighted by atomic mass is 32.2. The molecular weight excluding hydrogens is 320 g/mol. The van der Waals surface area contributed by atoms with Gasteiger partial charge in [-0.05, 0) is 44.5 Å². The fourth-order valence-corrected chi connectivity index (χ4v) is 3.31. The fraction of sp³-hybridized carbons (Fsp3) is 0.429. The van der Waals surface area contributed by atoms with Gasteiger partial charge >= 0.3 is 6.03 Å². The SMILES string of the molecule is CNS(=O)(=O)c1cc(NC(=O)N[C@@H]2CCCNC2=O)ccc1C. The van der Waals surface area contributed by atoms with Crippen molar-refractivity contribution in [1.29, 1.82) is 0 Å². The molecule has 23 heavy (non-hydrogen) atoms. The summed E-state index contributed by atoms with van der Waals surface area (Å²) in [6.07, 6.45) is 1.37. The quantitative estimate of drug-likeness (QED) is 0.631. The van der Waals surface area contributed by atoms with E-state index in [1.54, 1.807) is 19.1 Å². The Labute approximate surface area is 135 Å². The van der Waals surface area contributed by atoms with Gasteiger partial charge in [-0.15, -0.1) is 0 Å². The molecule has 126 valence electrons. The number of hydrogen-bond donors (Lipinski definition) is 4. The summed E-state index contributed by atoms with van der Waals surface area (Å²) in [6.45, 7) is 2.28. The second-order valence-electron chi connectivity index (χ2n) is 5.27. The van der Waals surface area contributed by atoms with Crippen molar-refractivity contribution < 1.29 is 18.0 Å². The Bertz CT molecular complexity index is 717. The van der Waals surface area contributed by atoms with Gasteiger partial charge in [0, 0.05) is 12.2 Å². The topological polar surface area (TPSA) is 116 Å². The molecule has 4 N–H and O–H groups in total. The van der Waals surface area contributed by atoms with Crippen LogP contribution in [0.5, 0.6) is 0 Å². The number of benzene rings is 1. The summed E-state index contributed by atoms with van der Waals surface area (Å²) in [5.74, 6) is -0.214. The molecule has 1 saturated heterocycles. The van der Waals surface area contributed by atoms with Crippen LogP contribution < -0.4 is 20.7 Å². The Morgan fingerprint density at radius 3 is 2.74 bits per heavy atom. The first kappa shape index (κ1) is 17.2. The van der Waals surface area contributed by atoms with Crippen LogP contribution in [-0.4, -0.2) is 40.0 Å². The molecule has 1 fully saturated rings. The highest BCUT2D eigenvalue weighted by molar-refractivity contribution is 7.89. The summed E-state index contributed by atoms with van der Waals surface area (Å²) < 4.78 is 26.1. The van der Waals surface area contributed by atoms with E-state index in [2.05, 4.69) is 20.7 Å². The van der Waals surface area contributed by atoms with Crippen LogP contribution >= 0.6 is 0 Å². The molecule has 0 aromatic heterocycles. The highest BCUT2D eigenvalue weighted by Gasteiger charge is 2.23. The molecule has 8 nitrogen and oxygen atoms in total. The molecular formula is C14H20N4O4S. The molecule has 0 bridgehead atoms. The maximum absolute atomic E-state index is 12.0. The average molecular weight is 340 g/mol. The summed E-state index contributed by atoms with van der Waals surface area (Å²) in [4.78, 5) is 23.7. The van der Waals surface area contributed by atoms with Gasteiger partial charge in [0.2, 0.25) is 15.9 Å². The van der Waals surface area contributed by atoms with Gasteiger partial charge in [-0.1, -0.05) is 6.07 Å². The van der Waals surface area contributed by atoms with Crippen molar-refractivity contribution in [1.82, 2.24) is 15.4 Å². The molecule has 1 heterocycles. The van der Waals surface area contributed by atoms with Crippen molar-refractivity contribution in [3.8, 4) is 0 Å². The zero-order chi connectivity index (χ0) is 17.0. The maximum atomic E-state index is 12.0. The Kier molecular flexibility index (Phi) is 5.22. The van der Waals surface area contributed by atoms with E-state index >= 15 is 0 Å². The van der Waals surface area contributed by atoms with E-state index in [1.165, 1.54) is 13.1 Å². The number of sulfonamides is 1. The predicted octanol–water partition coefficient (Wildman–Crippen LogP) is 0.303. The Morgan fingerprint density at radius 2 is 2.09 bits per heavy atom. The predicted molar refractivity (Wildman–Crippen MR) is 85.6 cm³/mol. The first-order valence-corrected chi connectivity index (χ1v) is 8.71. The van der Waals surface area contributed by atoms with Crippen molar-refractivity contribution in [2.45, 2.75) is 30.7 Å². The minimum Gasteiger partial charge on any atom is -0.354 e. The molecule has 1 aliphatic heterocycles. The average Bonchev–Trinajstić information content (AvgIpc) is 2.51. The summed E-state index contributed by atoms with van der Waals surface area (Å²) in [5.41, 5.74) is 0.898. The van der Waals surface area contributed by atoms with Crippen molar-refractivity contribution in [3.05, 3.63) is 23.8 Å². The third kappa shape index (κ3) is 4.20. The monoisotopic (exact) mass is 340 g/mol. The molecule has 0 saturated carbocycles. The fourth-order valence-electron chi connectivity index (χ4n) is 2.31. The van der Waals surface area contributed by atoms with Gasteiger partial charge in [0.05, 0.1) is 4.90 Å². The summed E-state index contributed by atoms with van der Waals surface area (Å²) in [5, 5.41) is 7.80. The number of carbonyl (C=O) groups is 2. The van der Waals surface area contributed by atoms with E-state index in [0.717, 1.165) is 6.42 Å². The van der Waals surface area contributed by atoms with Gasteiger partial charge < -0.3 is 16.0 Å². The standard InChI is InChI=1S/C14H20N4O4S/c1-9-5-6-10(8-12(9)23(21,22)15-2)17-14(20)18-11-4-3-7-16-13(11)19/h5-6,8,11,15H,3-4,7H2,1-2H3,(H,16,19)(H2,17,18,20)/t11-/m1/s1. The molecule has 2 rings (SSSR count). The lowest BCUT2D eigenvalue weighted by Gasteiger charge is -2.23.